The zero-order valence-electron chi connectivity index (χ0n) is 7.36. The van der Waals surface area contributed by atoms with E-state index in [1.54, 1.807) is 0 Å². The number of likely N-dealkylation sites (tertiary alicyclic amines) is 1. The van der Waals surface area contributed by atoms with E-state index in [-0.39, 0.29) is 0 Å². The minimum atomic E-state index is 0.477. The average Bonchev–Trinajstić information content (AvgIpc) is 2.32. The number of nitrogen functional groups attached to an aromatic ring is 1. The van der Waals surface area contributed by atoms with Gasteiger partial charge in [-0.15, -0.1) is 5.10 Å². The lowest BCUT2D eigenvalue weighted by Crippen LogP contribution is -2.39. The van der Waals surface area contributed by atoms with Crippen molar-refractivity contribution in [2.45, 2.75) is 13.0 Å². The maximum Gasteiger partial charge on any atom is 0.220 e. The van der Waals surface area contributed by atoms with Crippen LogP contribution in [0.1, 0.15) is 6.42 Å². The summed E-state index contributed by atoms with van der Waals surface area (Å²) in [7, 11) is 0. The first-order chi connectivity index (χ1) is 6.27. The molecule has 1 aromatic rings. The molecule has 0 atom stereocenters. The second-order valence-electron chi connectivity index (χ2n) is 3.23. The van der Waals surface area contributed by atoms with Crippen molar-refractivity contribution in [3.63, 3.8) is 0 Å². The van der Waals surface area contributed by atoms with Crippen LogP contribution < -0.4 is 5.73 Å². The largest absolute Gasteiger partial charge is 0.368 e. The SMILES string of the molecule is Nc1n[nH]c(=S)n1CCN1CCC1. The van der Waals surface area contributed by atoms with Crippen molar-refractivity contribution in [2.24, 2.45) is 0 Å². The third-order valence-corrected chi connectivity index (χ3v) is 2.69. The summed E-state index contributed by atoms with van der Waals surface area (Å²) >= 11 is 5.03. The lowest BCUT2D eigenvalue weighted by atomic mass is 10.2. The second-order valence-corrected chi connectivity index (χ2v) is 3.62. The molecule has 0 saturated carbocycles. The van der Waals surface area contributed by atoms with Gasteiger partial charge in [-0.2, -0.15) is 0 Å². The van der Waals surface area contributed by atoms with Crippen LogP contribution in [-0.4, -0.2) is 39.3 Å². The molecule has 0 bridgehead atoms. The van der Waals surface area contributed by atoms with Gasteiger partial charge in [0.05, 0.1) is 0 Å². The van der Waals surface area contributed by atoms with Crippen molar-refractivity contribution < 1.29 is 0 Å². The van der Waals surface area contributed by atoms with E-state index >= 15 is 0 Å². The van der Waals surface area contributed by atoms with Crippen molar-refractivity contribution in [1.82, 2.24) is 19.7 Å². The van der Waals surface area contributed by atoms with Gasteiger partial charge in [0, 0.05) is 13.1 Å². The summed E-state index contributed by atoms with van der Waals surface area (Å²) < 4.78 is 2.44. The highest BCUT2D eigenvalue weighted by Gasteiger charge is 2.13. The van der Waals surface area contributed by atoms with Gasteiger partial charge in [0.1, 0.15) is 0 Å². The summed E-state index contributed by atoms with van der Waals surface area (Å²) in [4.78, 5) is 2.37. The Morgan fingerprint density at radius 2 is 2.23 bits per heavy atom. The highest BCUT2D eigenvalue weighted by Crippen LogP contribution is 2.06. The van der Waals surface area contributed by atoms with Crippen LogP contribution in [0.4, 0.5) is 5.95 Å². The molecule has 2 heterocycles. The van der Waals surface area contributed by atoms with Crippen LogP contribution in [0, 0.1) is 4.77 Å². The quantitative estimate of drug-likeness (QED) is 0.684. The molecule has 1 fully saturated rings. The molecular formula is C7H13N5S. The van der Waals surface area contributed by atoms with E-state index in [9.17, 15) is 0 Å². The van der Waals surface area contributed by atoms with Gasteiger partial charge in [-0.1, -0.05) is 0 Å². The number of hydrogen-bond acceptors (Lipinski definition) is 4. The number of H-pyrrole nitrogens is 1. The Morgan fingerprint density at radius 1 is 1.46 bits per heavy atom. The van der Waals surface area contributed by atoms with Crippen LogP contribution in [0.2, 0.25) is 0 Å². The Morgan fingerprint density at radius 3 is 2.69 bits per heavy atom. The monoisotopic (exact) mass is 199 g/mol. The Kier molecular flexibility index (Phi) is 2.32. The zero-order valence-corrected chi connectivity index (χ0v) is 8.18. The molecule has 1 saturated heterocycles. The third kappa shape index (κ3) is 1.73. The predicted octanol–water partition coefficient (Wildman–Crippen LogP) is 0.229. The number of anilines is 1. The maximum absolute atomic E-state index is 5.62. The minimum absolute atomic E-state index is 0.477. The molecule has 72 valence electrons. The van der Waals surface area contributed by atoms with E-state index in [4.69, 9.17) is 18.0 Å². The number of nitrogens with zero attached hydrogens (tertiary/aromatic N) is 3. The Hall–Kier alpha value is -0.880. The molecule has 0 amide bonds. The van der Waals surface area contributed by atoms with Crippen LogP contribution in [0.15, 0.2) is 0 Å². The van der Waals surface area contributed by atoms with Gasteiger partial charge in [0.2, 0.25) is 5.95 Å². The highest BCUT2D eigenvalue weighted by atomic mass is 32.1. The first-order valence-electron chi connectivity index (χ1n) is 4.40. The Balaban J connectivity index is 1.96. The Bertz CT molecular complexity index is 337. The van der Waals surface area contributed by atoms with Crippen molar-refractivity contribution >= 4 is 18.2 Å². The number of aromatic nitrogens is 3. The summed E-state index contributed by atoms with van der Waals surface area (Å²) in [6.07, 6.45) is 1.31. The zero-order chi connectivity index (χ0) is 9.26. The average molecular weight is 199 g/mol. The summed E-state index contributed by atoms with van der Waals surface area (Å²) in [5, 5.41) is 6.51. The highest BCUT2D eigenvalue weighted by molar-refractivity contribution is 7.71. The van der Waals surface area contributed by atoms with Crippen LogP contribution in [0.5, 0.6) is 0 Å². The van der Waals surface area contributed by atoms with Crippen molar-refractivity contribution in [1.29, 1.82) is 0 Å². The van der Waals surface area contributed by atoms with Crippen LogP contribution in [0.3, 0.4) is 0 Å². The topological polar surface area (TPSA) is 62.9 Å². The Labute approximate surface area is 81.5 Å². The second kappa shape index (κ2) is 3.47. The molecule has 0 aromatic carbocycles. The van der Waals surface area contributed by atoms with E-state index in [0.29, 0.717) is 10.7 Å². The van der Waals surface area contributed by atoms with E-state index in [0.717, 1.165) is 13.1 Å². The number of nitrogens with one attached hydrogen (secondary N) is 1. The van der Waals surface area contributed by atoms with Crippen molar-refractivity contribution in [2.75, 3.05) is 25.4 Å². The van der Waals surface area contributed by atoms with Gasteiger partial charge in [0.25, 0.3) is 0 Å². The van der Waals surface area contributed by atoms with Crippen LogP contribution in [0.25, 0.3) is 0 Å². The van der Waals surface area contributed by atoms with Crippen molar-refractivity contribution in [3.05, 3.63) is 4.77 Å². The van der Waals surface area contributed by atoms with Crippen LogP contribution >= 0.6 is 12.2 Å². The lowest BCUT2D eigenvalue weighted by molar-refractivity contribution is 0.175. The van der Waals surface area contributed by atoms with Gasteiger partial charge in [0.15, 0.2) is 4.77 Å². The van der Waals surface area contributed by atoms with Gasteiger partial charge < -0.3 is 10.6 Å². The fourth-order valence-electron chi connectivity index (χ4n) is 1.39. The van der Waals surface area contributed by atoms with Gasteiger partial charge >= 0.3 is 0 Å². The van der Waals surface area contributed by atoms with Gasteiger partial charge in [-0.05, 0) is 31.7 Å². The molecule has 0 spiro atoms. The standard InChI is InChI=1S/C7H13N5S/c8-6-9-10-7(13)12(6)5-4-11-2-1-3-11/h1-5H2,(H2,8,9)(H,10,13). The molecule has 1 aromatic heterocycles. The fourth-order valence-corrected chi connectivity index (χ4v) is 1.62. The molecule has 3 N–H and O–H groups in total. The molecule has 1 aliphatic heterocycles. The molecule has 13 heavy (non-hydrogen) atoms. The molecule has 0 radical (unpaired) electrons. The smallest absolute Gasteiger partial charge is 0.220 e. The number of hydrogen-bond donors (Lipinski definition) is 2. The van der Waals surface area contributed by atoms with Crippen molar-refractivity contribution in [3.8, 4) is 0 Å². The molecule has 0 unspecified atom stereocenters. The summed E-state index contributed by atoms with van der Waals surface area (Å²) in [5.74, 6) is 0.477. The molecule has 2 rings (SSSR count). The first kappa shape index (κ1) is 8.71. The number of nitrogens with two attached hydrogens (primary N) is 1. The summed E-state index contributed by atoms with van der Waals surface area (Å²) in [6.45, 7) is 4.25. The van der Waals surface area contributed by atoms with E-state index < -0.39 is 0 Å². The van der Waals surface area contributed by atoms with E-state index in [1.807, 2.05) is 4.57 Å². The molecule has 5 nitrogen and oxygen atoms in total. The lowest BCUT2D eigenvalue weighted by Gasteiger charge is -2.30. The molecule has 0 aliphatic carbocycles. The molecule has 6 heteroatoms. The van der Waals surface area contributed by atoms with Gasteiger partial charge in [-0.25, -0.2) is 5.10 Å². The van der Waals surface area contributed by atoms with Crippen LogP contribution in [-0.2, 0) is 6.54 Å². The third-order valence-electron chi connectivity index (χ3n) is 2.38. The maximum atomic E-state index is 5.62. The minimum Gasteiger partial charge on any atom is -0.368 e. The summed E-state index contributed by atoms with van der Waals surface area (Å²) in [6, 6.07) is 0. The number of rotatable bonds is 3. The molecular weight excluding hydrogens is 186 g/mol. The van der Waals surface area contributed by atoms with E-state index in [2.05, 4.69) is 15.1 Å². The normalized spacial score (nSPS) is 17.2. The van der Waals surface area contributed by atoms with E-state index in [1.165, 1.54) is 19.5 Å². The fraction of sp³-hybridized carbons (Fsp3) is 0.714. The predicted molar refractivity (Wildman–Crippen MR) is 52.9 cm³/mol. The molecule has 1 aliphatic rings. The summed E-state index contributed by atoms with van der Waals surface area (Å²) in [5.41, 5.74) is 5.62. The number of aromatic amines is 1. The first-order valence-corrected chi connectivity index (χ1v) is 4.81. The van der Waals surface area contributed by atoms with Gasteiger partial charge in [-0.3, -0.25) is 4.57 Å².